The molecule has 0 atom stereocenters. The lowest BCUT2D eigenvalue weighted by molar-refractivity contribution is 0.103. The van der Waals surface area contributed by atoms with Gasteiger partial charge in [-0.25, -0.2) is 4.98 Å². The van der Waals surface area contributed by atoms with E-state index in [-0.39, 0.29) is 5.78 Å². The van der Waals surface area contributed by atoms with Crippen LogP contribution in [0.15, 0.2) is 24.3 Å². The van der Waals surface area contributed by atoms with Gasteiger partial charge in [0.1, 0.15) is 17.3 Å². The van der Waals surface area contributed by atoms with Crippen molar-refractivity contribution in [3.63, 3.8) is 0 Å². The van der Waals surface area contributed by atoms with Crippen LogP contribution in [0, 0.1) is 0 Å². The molecular weight excluding hydrogens is 242 g/mol. The van der Waals surface area contributed by atoms with Gasteiger partial charge in [0.15, 0.2) is 5.82 Å². The van der Waals surface area contributed by atoms with Crippen molar-refractivity contribution in [1.29, 1.82) is 0 Å². The summed E-state index contributed by atoms with van der Waals surface area (Å²) in [5.74, 6) is 1.88. The van der Waals surface area contributed by atoms with Gasteiger partial charge in [-0.1, -0.05) is 0 Å². The molecule has 0 radical (unpaired) electrons. The van der Waals surface area contributed by atoms with Crippen molar-refractivity contribution in [3.8, 4) is 5.75 Å². The molecule has 5 nitrogen and oxygen atoms in total. The average Bonchev–Trinajstić information content (AvgIpc) is 2.98. The van der Waals surface area contributed by atoms with E-state index in [1.165, 1.54) is 0 Å². The molecule has 0 fully saturated rings. The molecule has 0 unspecified atom stereocenters. The molecule has 2 N–H and O–H groups in total. The van der Waals surface area contributed by atoms with Gasteiger partial charge in [-0.3, -0.25) is 4.79 Å². The first kappa shape index (κ1) is 11.8. The first-order chi connectivity index (χ1) is 9.20. The third-order valence-corrected chi connectivity index (χ3v) is 3.42. The number of ketones is 1. The highest BCUT2D eigenvalue weighted by Gasteiger charge is 2.25. The van der Waals surface area contributed by atoms with E-state index in [1.54, 1.807) is 31.4 Å². The van der Waals surface area contributed by atoms with E-state index < -0.39 is 0 Å². The van der Waals surface area contributed by atoms with Crippen LogP contribution < -0.4 is 10.5 Å². The van der Waals surface area contributed by atoms with Gasteiger partial charge in [0.05, 0.1) is 7.11 Å². The van der Waals surface area contributed by atoms with Gasteiger partial charge in [-0.15, -0.1) is 0 Å². The van der Waals surface area contributed by atoms with Crippen molar-refractivity contribution in [2.24, 2.45) is 0 Å². The monoisotopic (exact) mass is 257 g/mol. The van der Waals surface area contributed by atoms with E-state index in [1.807, 2.05) is 4.57 Å². The minimum absolute atomic E-state index is 0.0826. The second kappa shape index (κ2) is 4.42. The summed E-state index contributed by atoms with van der Waals surface area (Å²) < 4.78 is 7.02. The average molecular weight is 257 g/mol. The van der Waals surface area contributed by atoms with E-state index in [9.17, 15) is 4.79 Å². The zero-order chi connectivity index (χ0) is 13.4. The van der Waals surface area contributed by atoms with Crippen LogP contribution in [0.1, 0.15) is 28.3 Å². The highest BCUT2D eigenvalue weighted by molar-refractivity contribution is 6.10. The molecule has 98 valence electrons. The van der Waals surface area contributed by atoms with Crippen LogP contribution in [-0.2, 0) is 13.0 Å². The van der Waals surface area contributed by atoms with Gasteiger partial charge >= 0.3 is 0 Å². The fourth-order valence-electron chi connectivity index (χ4n) is 2.46. The van der Waals surface area contributed by atoms with E-state index in [4.69, 9.17) is 10.5 Å². The topological polar surface area (TPSA) is 70.1 Å². The number of aryl methyl sites for hydroxylation is 1. The number of aromatic nitrogens is 2. The van der Waals surface area contributed by atoms with Crippen molar-refractivity contribution in [2.45, 2.75) is 19.4 Å². The highest BCUT2D eigenvalue weighted by atomic mass is 16.5. The number of imidazole rings is 1. The van der Waals surface area contributed by atoms with Crippen LogP contribution >= 0.6 is 0 Å². The van der Waals surface area contributed by atoms with Crippen LogP contribution in [0.2, 0.25) is 0 Å². The van der Waals surface area contributed by atoms with Gasteiger partial charge in [-0.2, -0.15) is 0 Å². The summed E-state index contributed by atoms with van der Waals surface area (Å²) in [4.78, 5) is 16.8. The number of rotatable bonds is 3. The summed E-state index contributed by atoms with van der Waals surface area (Å²) >= 11 is 0. The molecule has 0 amide bonds. The molecule has 0 saturated carbocycles. The van der Waals surface area contributed by atoms with Gasteiger partial charge in [0.2, 0.25) is 5.78 Å². The fourth-order valence-corrected chi connectivity index (χ4v) is 2.46. The molecule has 0 aliphatic carbocycles. The SMILES string of the molecule is COc1ccc(C(=O)c2c(N)nc3n2CCC3)cc1. The number of carbonyl (C=O) groups excluding carboxylic acids is 1. The number of ether oxygens (including phenoxy) is 1. The van der Waals surface area contributed by atoms with Crippen molar-refractivity contribution >= 4 is 11.6 Å². The maximum Gasteiger partial charge on any atom is 0.213 e. The predicted octanol–water partition coefficient (Wildman–Crippen LogP) is 1.65. The maximum absolute atomic E-state index is 12.5. The van der Waals surface area contributed by atoms with Crippen molar-refractivity contribution in [1.82, 2.24) is 9.55 Å². The maximum atomic E-state index is 12.5. The summed E-state index contributed by atoms with van der Waals surface area (Å²) in [6.45, 7) is 0.816. The first-order valence-corrected chi connectivity index (χ1v) is 6.24. The zero-order valence-electron chi connectivity index (χ0n) is 10.7. The summed E-state index contributed by atoms with van der Waals surface area (Å²) in [7, 11) is 1.60. The lowest BCUT2D eigenvalue weighted by atomic mass is 10.1. The minimum atomic E-state index is -0.0826. The van der Waals surface area contributed by atoms with Gasteiger partial charge in [-0.05, 0) is 30.7 Å². The standard InChI is InChI=1S/C14H15N3O2/c1-19-10-6-4-9(5-7-10)13(18)12-14(15)16-11-3-2-8-17(11)12/h4-7H,2-3,8,15H2,1H3. The molecule has 5 heteroatoms. The Hall–Kier alpha value is -2.30. The number of fused-ring (bicyclic) bond motifs is 1. The van der Waals surface area contributed by atoms with Crippen LogP contribution in [0.3, 0.4) is 0 Å². The number of nitrogen functional groups attached to an aromatic ring is 1. The van der Waals surface area contributed by atoms with Crippen LogP contribution in [0.5, 0.6) is 5.75 Å². The molecule has 1 aromatic heterocycles. The van der Waals surface area contributed by atoms with Gasteiger partial charge in [0, 0.05) is 18.5 Å². The molecule has 0 saturated heterocycles. The Kier molecular flexibility index (Phi) is 2.74. The number of benzene rings is 1. The van der Waals surface area contributed by atoms with E-state index in [0.717, 1.165) is 31.0 Å². The molecule has 1 aliphatic heterocycles. The third kappa shape index (κ3) is 1.87. The molecule has 1 aromatic carbocycles. The number of hydrogen-bond acceptors (Lipinski definition) is 4. The summed E-state index contributed by atoms with van der Waals surface area (Å²) in [5.41, 5.74) is 6.98. The first-order valence-electron chi connectivity index (χ1n) is 6.24. The zero-order valence-corrected chi connectivity index (χ0v) is 10.7. The molecule has 3 rings (SSSR count). The minimum Gasteiger partial charge on any atom is -0.497 e. The molecule has 2 heterocycles. The van der Waals surface area contributed by atoms with Crippen molar-refractivity contribution in [3.05, 3.63) is 41.3 Å². The number of carbonyl (C=O) groups is 1. The Morgan fingerprint density at radius 3 is 2.79 bits per heavy atom. The second-order valence-corrected chi connectivity index (χ2v) is 4.57. The molecular formula is C14H15N3O2. The Labute approximate surface area is 111 Å². The summed E-state index contributed by atoms with van der Waals surface area (Å²) in [6, 6.07) is 7.03. The lowest BCUT2D eigenvalue weighted by Crippen LogP contribution is -2.11. The van der Waals surface area contributed by atoms with Gasteiger partial charge in [0.25, 0.3) is 0 Å². The largest absolute Gasteiger partial charge is 0.497 e. The molecule has 19 heavy (non-hydrogen) atoms. The molecule has 2 aromatic rings. The highest BCUT2D eigenvalue weighted by Crippen LogP contribution is 2.24. The number of nitrogens with zero attached hydrogens (tertiary/aromatic N) is 2. The lowest BCUT2D eigenvalue weighted by Gasteiger charge is -2.06. The normalized spacial score (nSPS) is 13.3. The number of methoxy groups -OCH3 is 1. The Morgan fingerprint density at radius 2 is 2.11 bits per heavy atom. The summed E-state index contributed by atoms with van der Waals surface area (Å²) in [6.07, 6.45) is 1.91. The molecule has 0 spiro atoms. The van der Waals surface area contributed by atoms with Crippen molar-refractivity contribution in [2.75, 3.05) is 12.8 Å². The van der Waals surface area contributed by atoms with E-state index in [2.05, 4.69) is 4.98 Å². The smallest absolute Gasteiger partial charge is 0.213 e. The Morgan fingerprint density at radius 1 is 1.37 bits per heavy atom. The van der Waals surface area contributed by atoms with E-state index in [0.29, 0.717) is 17.1 Å². The molecule has 1 aliphatic rings. The second-order valence-electron chi connectivity index (χ2n) is 4.57. The molecule has 0 bridgehead atoms. The third-order valence-electron chi connectivity index (χ3n) is 3.42. The summed E-state index contributed by atoms with van der Waals surface area (Å²) in [5, 5.41) is 0. The Bertz CT molecular complexity index is 629. The number of anilines is 1. The van der Waals surface area contributed by atoms with Crippen LogP contribution in [0.4, 0.5) is 5.82 Å². The number of nitrogens with two attached hydrogens (primary N) is 1. The quantitative estimate of drug-likeness (QED) is 0.849. The van der Waals surface area contributed by atoms with Crippen LogP contribution in [0.25, 0.3) is 0 Å². The fraction of sp³-hybridized carbons (Fsp3) is 0.286. The van der Waals surface area contributed by atoms with Gasteiger partial charge < -0.3 is 15.0 Å². The Balaban J connectivity index is 1.99. The van der Waals surface area contributed by atoms with Crippen molar-refractivity contribution < 1.29 is 9.53 Å². The number of hydrogen-bond donors (Lipinski definition) is 1. The van der Waals surface area contributed by atoms with Crippen LogP contribution in [-0.4, -0.2) is 22.4 Å². The predicted molar refractivity (Wildman–Crippen MR) is 71.4 cm³/mol. The van der Waals surface area contributed by atoms with E-state index >= 15 is 0 Å².